The summed E-state index contributed by atoms with van der Waals surface area (Å²) in [5.74, 6) is 0.547. The average Bonchev–Trinajstić information content (AvgIpc) is 3.44. The minimum absolute atomic E-state index is 0.134. The van der Waals surface area contributed by atoms with E-state index < -0.39 is 5.91 Å². The highest BCUT2D eigenvalue weighted by Gasteiger charge is 2.24. The van der Waals surface area contributed by atoms with Gasteiger partial charge in [0.25, 0.3) is 5.91 Å². The van der Waals surface area contributed by atoms with Crippen molar-refractivity contribution in [3.8, 4) is 5.75 Å². The van der Waals surface area contributed by atoms with Crippen LogP contribution < -0.4 is 15.8 Å². The highest BCUT2D eigenvalue weighted by molar-refractivity contribution is 5.96. The van der Waals surface area contributed by atoms with E-state index in [1.54, 1.807) is 12.1 Å². The topological polar surface area (TPSA) is 114 Å². The molecule has 2 fully saturated rings. The van der Waals surface area contributed by atoms with Crippen molar-refractivity contribution in [3.05, 3.63) is 95.5 Å². The number of likely N-dealkylation sites (tertiary alicyclic amines) is 2. The van der Waals surface area contributed by atoms with Crippen LogP contribution in [-0.4, -0.2) is 64.9 Å². The van der Waals surface area contributed by atoms with E-state index >= 15 is 0 Å². The molecule has 42 heavy (non-hydrogen) atoms. The van der Waals surface area contributed by atoms with Crippen molar-refractivity contribution >= 4 is 22.8 Å². The van der Waals surface area contributed by atoms with Crippen molar-refractivity contribution in [1.82, 2.24) is 20.1 Å². The van der Waals surface area contributed by atoms with Gasteiger partial charge >= 0.3 is 0 Å². The van der Waals surface area contributed by atoms with Crippen LogP contribution >= 0.6 is 0 Å². The zero-order valence-corrected chi connectivity index (χ0v) is 23.7. The normalized spacial score (nSPS) is 17.3. The summed E-state index contributed by atoms with van der Waals surface area (Å²) in [6.45, 7) is 5.49. The molecule has 0 aliphatic carbocycles. The van der Waals surface area contributed by atoms with Gasteiger partial charge in [0, 0.05) is 68.7 Å². The summed E-state index contributed by atoms with van der Waals surface area (Å²) in [5.41, 5.74) is 8.97. The number of aromatic nitrogens is 1. The highest BCUT2D eigenvalue weighted by Crippen LogP contribution is 2.27. The molecular weight excluding hydrogens is 530 g/mol. The third kappa shape index (κ3) is 6.98. The van der Waals surface area contributed by atoms with Gasteiger partial charge in [-0.2, -0.15) is 0 Å². The predicted octanol–water partition coefficient (Wildman–Crippen LogP) is 4.36. The molecule has 218 valence electrons. The number of carbonyl (C=O) groups excluding carboxylic acids is 2. The molecular formula is C33H37N5O4. The van der Waals surface area contributed by atoms with Crippen LogP contribution in [0.1, 0.15) is 57.7 Å². The number of nitrogens with two attached hydrogens (primary N) is 1. The fourth-order valence-corrected chi connectivity index (χ4v) is 5.86. The van der Waals surface area contributed by atoms with Crippen LogP contribution in [0.2, 0.25) is 0 Å². The van der Waals surface area contributed by atoms with Crippen molar-refractivity contribution in [2.75, 3.05) is 26.2 Å². The summed E-state index contributed by atoms with van der Waals surface area (Å²) in [4.78, 5) is 33.2. The molecule has 0 bridgehead atoms. The van der Waals surface area contributed by atoms with Crippen LogP contribution in [0.4, 0.5) is 0 Å². The lowest BCUT2D eigenvalue weighted by Crippen LogP contribution is -2.44. The van der Waals surface area contributed by atoms with E-state index in [2.05, 4.69) is 20.1 Å². The second-order valence-electron chi connectivity index (χ2n) is 11.3. The number of nitrogens with one attached hydrogen (secondary N) is 1. The van der Waals surface area contributed by atoms with Crippen LogP contribution in [-0.2, 0) is 13.1 Å². The van der Waals surface area contributed by atoms with Gasteiger partial charge in [0.05, 0.1) is 0 Å². The minimum atomic E-state index is -0.405. The molecule has 0 atom stereocenters. The zero-order valence-electron chi connectivity index (χ0n) is 23.7. The monoisotopic (exact) mass is 567 g/mol. The van der Waals surface area contributed by atoms with Gasteiger partial charge in [-0.3, -0.25) is 24.4 Å². The van der Waals surface area contributed by atoms with E-state index in [0.29, 0.717) is 16.9 Å². The lowest BCUT2D eigenvalue weighted by Gasteiger charge is -2.32. The lowest BCUT2D eigenvalue weighted by molar-refractivity contribution is 0.0882. The number of primary amides is 1. The van der Waals surface area contributed by atoms with Crippen molar-refractivity contribution in [3.63, 3.8) is 0 Å². The Bertz CT molecular complexity index is 1500. The van der Waals surface area contributed by atoms with E-state index in [4.69, 9.17) is 14.9 Å². The molecule has 2 aromatic carbocycles. The molecule has 0 spiro atoms. The van der Waals surface area contributed by atoms with Gasteiger partial charge in [0.2, 0.25) is 5.91 Å². The van der Waals surface area contributed by atoms with Crippen LogP contribution in [0.5, 0.6) is 5.75 Å². The van der Waals surface area contributed by atoms with Gasteiger partial charge in [-0.25, -0.2) is 0 Å². The Morgan fingerprint density at radius 1 is 0.857 bits per heavy atom. The van der Waals surface area contributed by atoms with E-state index in [1.165, 1.54) is 5.56 Å². The SMILES string of the molecule is NC(=O)c1ccc(CN2CCC(Oc3ccc4oc(C(=O)NC5CCN(Cc6ccncc6)CC5)cc4c3)CC2)cc1. The third-order valence-electron chi connectivity index (χ3n) is 8.27. The fourth-order valence-electron chi connectivity index (χ4n) is 5.86. The quantitative estimate of drug-likeness (QED) is 0.309. The molecule has 6 rings (SSSR count). The van der Waals surface area contributed by atoms with Crippen LogP contribution in [0.25, 0.3) is 11.0 Å². The number of amides is 2. The van der Waals surface area contributed by atoms with Crippen molar-refractivity contribution < 1.29 is 18.7 Å². The van der Waals surface area contributed by atoms with E-state index in [1.807, 2.05) is 60.9 Å². The van der Waals surface area contributed by atoms with Gasteiger partial charge in [-0.15, -0.1) is 0 Å². The number of pyridine rings is 1. The van der Waals surface area contributed by atoms with E-state index in [9.17, 15) is 9.59 Å². The summed E-state index contributed by atoms with van der Waals surface area (Å²) < 4.78 is 12.2. The fraction of sp³-hybridized carbons (Fsp3) is 0.364. The summed E-state index contributed by atoms with van der Waals surface area (Å²) in [5, 5.41) is 4.03. The van der Waals surface area contributed by atoms with Crippen LogP contribution in [0.15, 0.2) is 77.5 Å². The maximum atomic E-state index is 13.0. The molecule has 3 N–H and O–H groups in total. The Morgan fingerprint density at radius 2 is 1.50 bits per heavy atom. The first-order valence-corrected chi connectivity index (χ1v) is 14.7. The van der Waals surface area contributed by atoms with Gasteiger partial charge < -0.3 is 20.2 Å². The Labute approximate surface area is 245 Å². The first-order chi connectivity index (χ1) is 20.5. The number of fused-ring (bicyclic) bond motifs is 1. The number of furan rings is 1. The van der Waals surface area contributed by atoms with E-state index in [-0.39, 0.29) is 18.1 Å². The van der Waals surface area contributed by atoms with Crippen LogP contribution in [0.3, 0.4) is 0 Å². The second kappa shape index (κ2) is 12.8. The number of benzene rings is 2. The molecule has 2 saturated heterocycles. The van der Waals surface area contributed by atoms with Gasteiger partial charge in [0.1, 0.15) is 17.4 Å². The molecule has 0 radical (unpaired) electrons. The first kappa shape index (κ1) is 27.9. The first-order valence-electron chi connectivity index (χ1n) is 14.7. The number of hydrogen-bond donors (Lipinski definition) is 2. The van der Waals surface area contributed by atoms with Gasteiger partial charge in [-0.1, -0.05) is 12.1 Å². The smallest absolute Gasteiger partial charge is 0.287 e. The molecule has 2 aliphatic heterocycles. The van der Waals surface area contributed by atoms with Gasteiger partial charge in [0.15, 0.2) is 5.76 Å². The van der Waals surface area contributed by atoms with Crippen LogP contribution in [0, 0.1) is 0 Å². The number of ether oxygens (including phenoxy) is 1. The molecule has 9 heteroatoms. The Hall–Kier alpha value is -4.21. The standard InChI is InChI=1S/C33H37N5O4/c34-32(39)25-3-1-23(2-4-25)21-38-17-11-28(12-18-38)41-29-5-6-30-26(19-29)20-31(42-30)33(40)36-27-9-15-37(16-10-27)22-24-7-13-35-14-8-24/h1-8,13-14,19-20,27-28H,9-12,15-18,21-22H2,(H2,34,39)(H,36,40). The van der Waals surface area contributed by atoms with Crippen molar-refractivity contribution in [1.29, 1.82) is 0 Å². The molecule has 0 saturated carbocycles. The van der Waals surface area contributed by atoms with E-state index in [0.717, 1.165) is 81.7 Å². The predicted molar refractivity (Wildman–Crippen MR) is 160 cm³/mol. The number of nitrogens with zero attached hydrogens (tertiary/aromatic N) is 3. The molecule has 2 amide bonds. The van der Waals surface area contributed by atoms with Crippen molar-refractivity contribution in [2.45, 2.75) is 50.9 Å². The molecule has 9 nitrogen and oxygen atoms in total. The molecule has 0 unspecified atom stereocenters. The number of rotatable bonds is 9. The zero-order chi connectivity index (χ0) is 28.9. The minimum Gasteiger partial charge on any atom is -0.490 e. The van der Waals surface area contributed by atoms with Gasteiger partial charge in [-0.05, 0) is 85.3 Å². The maximum absolute atomic E-state index is 13.0. The Balaban J connectivity index is 0.969. The molecule has 2 aliphatic rings. The highest BCUT2D eigenvalue weighted by atomic mass is 16.5. The number of hydrogen-bond acceptors (Lipinski definition) is 7. The Kier molecular flexibility index (Phi) is 8.48. The largest absolute Gasteiger partial charge is 0.490 e. The number of piperidine rings is 2. The maximum Gasteiger partial charge on any atom is 0.287 e. The molecule has 4 heterocycles. The summed E-state index contributed by atoms with van der Waals surface area (Å²) in [7, 11) is 0. The molecule has 2 aromatic heterocycles. The average molecular weight is 568 g/mol. The Morgan fingerprint density at radius 3 is 2.17 bits per heavy atom. The van der Waals surface area contributed by atoms with Crippen molar-refractivity contribution in [2.24, 2.45) is 5.73 Å². The lowest BCUT2D eigenvalue weighted by atomic mass is 10.0. The third-order valence-corrected chi connectivity index (χ3v) is 8.27. The number of carbonyl (C=O) groups is 2. The second-order valence-corrected chi connectivity index (χ2v) is 11.3. The summed E-state index contributed by atoms with van der Waals surface area (Å²) >= 11 is 0. The molecule has 4 aromatic rings. The summed E-state index contributed by atoms with van der Waals surface area (Å²) in [6, 6.07) is 19.3. The summed E-state index contributed by atoms with van der Waals surface area (Å²) in [6.07, 6.45) is 7.47.